The molecule has 0 atom stereocenters. The maximum Gasteiger partial charge on any atom is 0.305 e. The van der Waals surface area contributed by atoms with Crippen molar-refractivity contribution in [1.29, 1.82) is 0 Å². The summed E-state index contributed by atoms with van der Waals surface area (Å²) in [5.41, 5.74) is 0.824. The average Bonchev–Trinajstić information content (AvgIpc) is 2.27. The summed E-state index contributed by atoms with van der Waals surface area (Å²) < 4.78 is 0. The van der Waals surface area contributed by atoms with Gasteiger partial charge in [0.25, 0.3) is 0 Å². The molecule has 1 aliphatic carbocycles. The van der Waals surface area contributed by atoms with Crippen LogP contribution in [0.1, 0.15) is 35.6 Å². The van der Waals surface area contributed by atoms with Crippen molar-refractivity contribution in [3.63, 3.8) is 0 Å². The number of fused-ring (bicyclic) bond motifs is 1. The molecular formula is C9H11NO2S. The molecule has 3 nitrogen and oxygen atoms in total. The molecular weight excluding hydrogens is 186 g/mol. The Balaban J connectivity index is 2.54. The van der Waals surface area contributed by atoms with Gasteiger partial charge in [-0.2, -0.15) is 0 Å². The molecule has 13 heavy (non-hydrogen) atoms. The zero-order valence-electron chi connectivity index (χ0n) is 7.64. The summed E-state index contributed by atoms with van der Waals surface area (Å²) in [4.78, 5) is 25.8. The van der Waals surface area contributed by atoms with Gasteiger partial charge in [-0.25, -0.2) is 0 Å². The first-order valence-electron chi connectivity index (χ1n) is 4.23. The minimum atomic E-state index is -0.115. The molecule has 0 bridgehead atoms. The van der Waals surface area contributed by atoms with E-state index >= 15 is 0 Å². The van der Waals surface area contributed by atoms with Crippen LogP contribution in [0.4, 0.5) is 0 Å². The fourth-order valence-electron chi connectivity index (χ4n) is 1.77. The number of H-pyrrole nitrogens is 1. The van der Waals surface area contributed by atoms with Gasteiger partial charge in [-0.15, -0.1) is 0 Å². The van der Waals surface area contributed by atoms with Gasteiger partial charge in [0.1, 0.15) is 0 Å². The van der Waals surface area contributed by atoms with Crippen LogP contribution in [0, 0.1) is 5.41 Å². The monoisotopic (exact) mass is 197 g/mol. The predicted octanol–water partition coefficient (Wildman–Crippen LogP) is 1.59. The summed E-state index contributed by atoms with van der Waals surface area (Å²) >= 11 is 1.04. The molecule has 2 rings (SSSR count). The van der Waals surface area contributed by atoms with E-state index in [2.05, 4.69) is 4.98 Å². The molecule has 0 spiro atoms. The number of carbonyl (C=O) groups is 1. The Kier molecular flexibility index (Phi) is 1.70. The number of aromatic nitrogens is 1. The van der Waals surface area contributed by atoms with E-state index in [1.165, 1.54) is 0 Å². The van der Waals surface area contributed by atoms with E-state index < -0.39 is 0 Å². The molecule has 1 aromatic heterocycles. The van der Waals surface area contributed by atoms with Gasteiger partial charge in [-0.1, -0.05) is 25.2 Å². The van der Waals surface area contributed by atoms with E-state index in [4.69, 9.17) is 0 Å². The third-order valence-corrected chi connectivity index (χ3v) is 3.24. The first kappa shape index (κ1) is 8.69. The van der Waals surface area contributed by atoms with Crippen LogP contribution in [0.25, 0.3) is 0 Å². The Morgan fingerprint density at radius 3 is 2.69 bits per heavy atom. The number of carbonyl (C=O) groups excluding carboxylic acids is 1. The van der Waals surface area contributed by atoms with Crippen LogP contribution in [0.15, 0.2) is 4.79 Å². The van der Waals surface area contributed by atoms with Crippen LogP contribution in [0.2, 0.25) is 0 Å². The quantitative estimate of drug-likeness (QED) is 0.686. The van der Waals surface area contributed by atoms with Crippen molar-refractivity contribution in [2.45, 2.75) is 26.7 Å². The Bertz CT molecular complexity index is 413. The highest BCUT2D eigenvalue weighted by Crippen LogP contribution is 2.34. The molecule has 1 aromatic rings. The van der Waals surface area contributed by atoms with Gasteiger partial charge in [0.15, 0.2) is 5.78 Å². The number of ketones is 1. The van der Waals surface area contributed by atoms with Crippen molar-refractivity contribution in [2.75, 3.05) is 0 Å². The molecule has 0 saturated heterocycles. The number of nitrogens with one attached hydrogen (secondary N) is 1. The summed E-state index contributed by atoms with van der Waals surface area (Å²) in [5, 5.41) is 0. The van der Waals surface area contributed by atoms with Crippen LogP contribution in [0.5, 0.6) is 0 Å². The fraction of sp³-hybridized carbons (Fsp3) is 0.556. The minimum absolute atomic E-state index is 0.00586. The van der Waals surface area contributed by atoms with Crippen LogP contribution in [0.3, 0.4) is 0 Å². The highest BCUT2D eigenvalue weighted by molar-refractivity contribution is 7.11. The number of rotatable bonds is 0. The van der Waals surface area contributed by atoms with Crippen LogP contribution in [-0.4, -0.2) is 10.8 Å². The summed E-state index contributed by atoms with van der Waals surface area (Å²) in [5.74, 6) is 0.106. The topological polar surface area (TPSA) is 49.9 Å². The van der Waals surface area contributed by atoms with Crippen molar-refractivity contribution >= 4 is 17.1 Å². The van der Waals surface area contributed by atoms with Crippen molar-refractivity contribution in [3.8, 4) is 0 Å². The largest absolute Gasteiger partial charge is 0.316 e. The lowest BCUT2D eigenvalue weighted by molar-refractivity contribution is 0.0916. The summed E-state index contributed by atoms with van der Waals surface area (Å²) in [6.45, 7) is 4.09. The minimum Gasteiger partial charge on any atom is -0.316 e. The molecule has 1 heterocycles. The van der Waals surface area contributed by atoms with Crippen molar-refractivity contribution in [1.82, 2.24) is 4.98 Å². The fourth-order valence-corrected chi connectivity index (χ4v) is 2.56. The lowest BCUT2D eigenvalue weighted by Crippen LogP contribution is -2.26. The zero-order chi connectivity index (χ0) is 9.64. The van der Waals surface area contributed by atoms with Gasteiger partial charge >= 0.3 is 4.87 Å². The first-order chi connectivity index (χ1) is 5.98. The molecule has 1 aliphatic rings. The lowest BCUT2D eigenvalue weighted by Gasteiger charge is -2.27. The van der Waals surface area contributed by atoms with Gasteiger partial charge < -0.3 is 4.98 Å². The Morgan fingerprint density at radius 1 is 1.31 bits per heavy atom. The van der Waals surface area contributed by atoms with Crippen LogP contribution >= 0.6 is 11.3 Å². The summed E-state index contributed by atoms with van der Waals surface area (Å²) in [6, 6.07) is 0. The third kappa shape index (κ3) is 1.46. The second-order valence-corrected chi connectivity index (χ2v) is 5.25. The van der Waals surface area contributed by atoms with Crippen molar-refractivity contribution in [3.05, 3.63) is 20.2 Å². The van der Waals surface area contributed by atoms with Gasteiger partial charge in [-0.3, -0.25) is 9.59 Å². The second kappa shape index (κ2) is 2.54. The SMILES string of the molecule is CC1(C)CC(=O)c2sc(=O)[nH]c2C1. The van der Waals surface area contributed by atoms with E-state index in [9.17, 15) is 9.59 Å². The molecule has 4 heteroatoms. The summed E-state index contributed by atoms with van der Waals surface area (Å²) in [7, 11) is 0. The maximum atomic E-state index is 11.6. The zero-order valence-corrected chi connectivity index (χ0v) is 8.46. The number of thiazole rings is 1. The third-order valence-electron chi connectivity index (χ3n) is 2.27. The van der Waals surface area contributed by atoms with E-state index in [-0.39, 0.29) is 16.1 Å². The van der Waals surface area contributed by atoms with E-state index in [0.29, 0.717) is 11.3 Å². The molecule has 0 aromatic carbocycles. The van der Waals surface area contributed by atoms with Crippen molar-refractivity contribution < 1.29 is 4.79 Å². The van der Waals surface area contributed by atoms with E-state index in [0.717, 1.165) is 23.5 Å². The van der Waals surface area contributed by atoms with E-state index in [1.807, 2.05) is 13.8 Å². The number of hydrogen-bond acceptors (Lipinski definition) is 3. The molecule has 0 aliphatic heterocycles. The lowest BCUT2D eigenvalue weighted by atomic mass is 9.78. The van der Waals surface area contributed by atoms with Gasteiger partial charge in [0, 0.05) is 12.1 Å². The number of hydrogen-bond donors (Lipinski definition) is 1. The molecule has 70 valence electrons. The van der Waals surface area contributed by atoms with Crippen LogP contribution < -0.4 is 4.87 Å². The smallest absolute Gasteiger partial charge is 0.305 e. The summed E-state index contributed by atoms with van der Waals surface area (Å²) in [6.07, 6.45) is 1.35. The van der Waals surface area contributed by atoms with Gasteiger partial charge in [0.05, 0.1) is 4.88 Å². The first-order valence-corrected chi connectivity index (χ1v) is 5.05. The highest BCUT2D eigenvalue weighted by atomic mass is 32.1. The van der Waals surface area contributed by atoms with Crippen molar-refractivity contribution in [2.24, 2.45) is 5.41 Å². The molecule has 1 N–H and O–H groups in total. The Morgan fingerprint density at radius 2 is 2.00 bits per heavy atom. The Hall–Kier alpha value is -0.900. The predicted molar refractivity (Wildman–Crippen MR) is 51.4 cm³/mol. The molecule has 0 saturated carbocycles. The van der Waals surface area contributed by atoms with E-state index in [1.54, 1.807) is 0 Å². The Labute approximate surface area is 79.8 Å². The molecule has 0 amide bonds. The molecule has 0 unspecified atom stereocenters. The maximum absolute atomic E-state index is 11.6. The number of aromatic amines is 1. The standard InChI is InChI=1S/C9H11NO2S/c1-9(2)3-5-7(6(11)4-9)13-8(12)10-5/h3-4H2,1-2H3,(H,10,12). The highest BCUT2D eigenvalue weighted by Gasteiger charge is 2.32. The average molecular weight is 197 g/mol. The molecule has 0 fully saturated rings. The number of Topliss-reactive ketones (excluding diaryl/α,β-unsaturated/α-hetero) is 1. The van der Waals surface area contributed by atoms with Gasteiger partial charge in [-0.05, 0) is 11.8 Å². The van der Waals surface area contributed by atoms with Crippen LogP contribution in [-0.2, 0) is 6.42 Å². The van der Waals surface area contributed by atoms with Gasteiger partial charge in [0.2, 0.25) is 0 Å². The normalized spacial score (nSPS) is 20.0. The molecule has 0 radical (unpaired) electrons. The second-order valence-electron chi connectivity index (χ2n) is 4.26.